The number of hydrogen-bond donors (Lipinski definition) is 3. The van der Waals surface area contributed by atoms with Gasteiger partial charge in [0.05, 0.1) is 17.5 Å². The van der Waals surface area contributed by atoms with Gasteiger partial charge in [0.25, 0.3) is 11.5 Å². The van der Waals surface area contributed by atoms with Crippen LogP contribution in [-0.4, -0.2) is 27.7 Å². The smallest absolute Gasteiger partial charge is 0.316 e. The van der Waals surface area contributed by atoms with Crippen molar-refractivity contribution in [1.29, 1.82) is 0 Å². The number of carbonyl (C=O) groups is 3. The van der Waals surface area contributed by atoms with Crippen molar-refractivity contribution in [2.24, 2.45) is 11.8 Å². The van der Waals surface area contributed by atoms with Crippen molar-refractivity contribution < 1.29 is 14.4 Å². The summed E-state index contributed by atoms with van der Waals surface area (Å²) in [6.07, 6.45) is 4.39. The molecule has 0 bridgehead atoms. The number of imide groups is 1. The Morgan fingerprint density at radius 3 is 2.36 bits per heavy atom. The fourth-order valence-corrected chi connectivity index (χ4v) is 3.90. The highest BCUT2D eigenvalue weighted by Gasteiger charge is 2.48. The lowest BCUT2D eigenvalue weighted by atomic mass is 9.81. The lowest BCUT2D eigenvalue weighted by Crippen LogP contribution is -2.31. The monoisotopic (exact) mass is 382 g/mol. The highest BCUT2D eigenvalue weighted by Crippen LogP contribution is 2.40. The molecule has 144 valence electrons. The molecule has 4 rings (SSSR count). The summed E-state index contributed by atoms with van der Waals surface area (Å²) in [5.74, 6) is -1.60. The molecule has 9 heteroatoms. The molecule has 2 aliphatic rings. The van der Waals surface area contributed by atoms with Gasteiger partial charge in [-0.05, 0) is 31.0 Å². The van der Waals surface area contributed by atoms with Crippen LogP contribution in [-0.2, 0) is 9.59 Å². The molecular formula is C19H18N4O5. The van der Waals surface area contributed by atoms with Crippen molar-refractivity contribution in [3.63, 3.8) is 0 Å². The molecule has 1 saturated heterocycles. The van der Waals surface area contributed by atoms with E-state index in [-0.39, 0.29) is 34.9 Å². The quantitative estimate of drug-likeness (QED) is 0.681. The third-order valence-corrected chi connectivity index (χ3v) is 5.28. The minimum Gasteiger partial charge on any atom is -0.316 e. The van der Waals surface area contributed by atoms with Crippen molar-refractivity contribution in [2.45, 2.75) is 25.7 Å². The van der Waals surface area contributed by atoms with Crippen molar-refractivity contribution in [3.05, 3.63) is 56.9 Å². The molecule has 9 nitrogen and oxygen atoms in total. The molecule has 1 aliphatic heterocycles. The largest absolute Gasteiger partial charge is 0.325 e. The van der Waals surface area contributed by atoms with E-state index >= 15 is 0 Å². The van der Waals surface area contributed by atoms with E-state index in [1.54, 1.807) is 12.1 Å². The fourth-order valence-electron chi connectivity index (χ4n) is 3.90. The van der Waals surface area contributed by atoms with Crippen LogP contribution in [0.25, 0.3) is 0 Å². The molecule has 28 heavy (non-hydrogen) atoms. The van der Waals surface area contributed by atoms with Gasteiger partial charge in [-0.3, -0.25) is 29.1 Å². The SMILES string of the molecule is O=C(Nc1c[nH]c(=O)[nH]c1=O)c1cccc(N2C(=O)C3CCCCC3C2=O)c1. The summed E-state index contributed by atoms with van der Waals surface area (Å²) < 4.78 is 0. The summed E-state index contributed by atoms with van der Waals surface area (Å²) in [6.45, 7) is 0. The topological polar surface area (TPSA) is 132 Å². The van der Waals surface area contributed by atoms with Gasteiger partial charge in [-0.15, -0.1) is 0 Å². The van der Waals surface area contributed by atoms with E-state index < -0.39 is 17.2 Å². The Kier molecular flexibility index (Phi) is 4.42. The number of aromatic amines is 2. The number of rotatable bonds is 3. The van der Waals surface area contributed by atoms with Crippen LogP contribution < -0.4 is 21.5 Å². The summed E-state index contributed by atoms with van der Waals surface area (Å²) in [5, 5.41) is 2.40. The summed E-state index contributed by atoms with van der Waals surface area (Å²) in [7, 11) is 0. The van der Waals surface area contributed by atoms with E-state index in [2.05, 4.69) is 10.3 Å². The van der Waals surface area contributed by atoms with Crippen LogP contribution >= 0.6 is 0 Å². The zero-order chi connectivity index (χ0) is 19.8. The molecule has 2 unspecified atom stereocenters. The first-order valence-corrected chi connectivity index (χ1v) is 9.07. The maximum Gasteiger partial charge on any atom is 0.325 e. The maximum atomic E-state index is 12.7. The lowest BCUT2D eigenvalue weighted by Gasteiger charge is -2.19. The van der Waals surface area contributed by atoms with Crippen LogP contribution in [0.2, 0.25) is 0 Å². The predicted molar refractivity (Wildman–Crippen MR) is 100 cm³/mol. The highest BCUT2D eigenvalue weighted by molar-refractivity contribution is 6.22. The Bertz CT molecular complexity index is 1060. The first kappa shape index (κ1) is 17.9. The first-order valence-electron chi connectivity index (χ1n) is 9.07. The minimum atomic E-state index is -0.734. The number of amides is 3. The molecule has 1 saturated carbocycles. The van der Waals surface area contributed by atoms with Crippen LogP contribution in [0, 0.1) is 11.8 Å². The van der Waals surface area contributed by atoms with Crippen LogP contribution in [0.5, 0.6) is 0 Å². The van der Waals surface area contributed by atoms with Crippen LogP contribution in [0.3, 0.4) is 0 Å². The summed E-state index contributed by atoms with van der Waals surface area (Å²) in [4.78, 5) is 66.2. The van der Waals surface area contributed by atoms with E-state index in [0.717, 1.165) is 19.0 Å². The number of hydrogen-bond acceptors (Lipinski definition) is 5. The number of nitrogens with zero attached hydrogens (tertiary/aromatic N) is 1. The Hall–Kier alpha value is -3.49. The molecule has 0 spiro atoms. The Morgan fingerprint density at radius 2 is 1.71 bits per heavy atom. The van der Waals surface area contributed by atoms with Gasteiger partial charge in [-0.2, -0.15) is 0 Å². The lowest BCUT2D eigenvalue weighted by molar-refractivity contribution is -0.122. The second-order valence-electron chi connectivity index (χ2n) is 7.00. The molecule has 2 atom stereocenters. The van der Waals surface area contributed by atoms with Crippen molar-refractivity contribution in [2.75, 3.05) is 10.2 Å². The van der Waals surface area contributed by atoms with E-state index in [0.29, 0.717) is 18.5 Å². The number of benzene rings is 1. The van der Waals surface area contributed by atoms with Gasteiger partial charge in [0, 0.05) is 11.8 Å². The summed E-state index contributed by atoms with van der Waals surface area (Å²) in [5.41, 5.74) is -1.01. The molecule has 0 radical (unpaired) electrons. The molecule has 3 amide bonds. The average Bonchev–Trinajstić information content (AvgIpc) is 2.95. The van der Waals surface area contributed by atoms with E-state index in [9.17, 15) is 24.0 Å². The van der Waals surface area contributed by atoms with Gasteiger partial charge < -0.3 is 10.3 Å². The third-order valence-electron chi connectivity index (χ3n) is 5.28. The highest BCUT2D eigenvalue weighted by atomic mass is 16.2. The molecular weight excluding hydrogens is 364 g/mol. The molecule has 3 N–H and O–H groups in total. The van der Waals surface area contributed by atoms with Gasteiger partial charge >= 0.3 is 5.69 Å². The zero-order valence-corrected chi connectivity index (χ0v) is 14.9. The second kappa shape index (κ2) is 6.91. The standard InChI is InChI=1S/C19H18N4O5/c24-15(21-14-9-20-19(28)22-16(14)25)10-4-3-5-11(8-10)23-17(26)12-6-1-2-7-13(12)18(23)27/h3-5,8-9,12-13H,1-2,6-7H2,(H,21,24)(H2,20,22,25,28). The third kappa shape index (κ3) is 3.04. The predicted octanol–water partition coefficient (Wildman–Crippen LogP) is 0.995. The minimum absolute atomic E-state index is 0.116. The van der Waals surface area contributed by atoms with Gasteiger partial charge in [0.1, 0.15) is 5.69 Å². The second-order valence-corrected chi connectivity index (χ2v) is 7.00. The molecule has 2 heterocycles. The van der Waals surface area contributed by atoms with Crippen molar-refractivity contribution in [1.82, 2.24) is 9.97 Å². The van der Waals surface area contributed by atoms with Crippen molar-refractivity contribution in [3.8, 4) is 0 Å². The maximum absolute atomic E-state index is 12.7. The van der Waals surface area contributed by atoms with Gasteiger partial charge in [-0.25, -0.2) is 4.79 Å². The summed E-state index contributed by atoms with van der Waals surface area (Å²) >= 11 is 0. The zero-order valence-electron chi connectivity index (χ0n) is 14.9. The molecule has 1 aromatic heterocycles. The average molecular weight is 382 g/mol. The van der Waals surface area contributed by atoms with Crippen LogP contribution in [0.4, 0.5) is 11.4 Å². The molecule has 2 fully saturated rings. The number of H-pyrrole nitrogens is 2. The van der Waals surface area contributed by atoms with Gasteiger partial charge in [-0.1, -0.05) is 18.9 Å². The van der Waals surface area contributed by atoms with E-state index in [1.165, 1.54) is 17.0 Å². The fraction of sp³-hybridized carbons (Fsp3) is 0.316. The molecule has 2 aromatic rings. The molecule has 1 aromatic carbocycles. The number of fused-ring (bicyclic) bond motifs is 1. The Morgan fingerprint density at radius 1 is 1.04 bits per heavy atom. The first-order chi connectivity index (χ1) is 13.5. The van der Waals surface area contributed by atoms with Gasteiger partial charge in [0.2, 0.25) is 11.8 Å². The van der Waals surface area contributed by atoms with Crippen LogP contribution in [0.15, 0.2) is 40.1 Å². The number of nitrogens with one attached hydrogen (secondary N) is 3. The van der Waals surface area contributed by atoms with E-state index in [1.807, 2.05) is 4.98 Å². The Labute approximate surface area is 158 Å². The summed E-state index contributed by atoms with van der Waals surface area (Å²) in [6, 6.07) is 6.14. The normalized spacial score (nSPS) is 21.5. The molecule has 1 aliphatic carbocycles. The Balaban J connectivity index is 1.60. The van der Waals surface area contributed by atoms with Crippen molar-refractivity contribution >= 4 is 29.1 Å². The number of carbonyl (C=O) groups excluding carboxylic acids is 3. The number of aromatic nitrogens is 2. The van der Waals surface area contributed by atoms with E-state index in [4.69, 9.17) is 0 Å². The number of anilines is 2. The van der Waals surface area contributed by atoms with Gasteiger partial charge in [0.15, 0.2) is 0 Å². The van der Waals surface area contributed by atoms with Crippen LogP contribution in [0.1, 0.15) is 36.0 Å².